The minimum atomic E-state index is -0.117. The number of hydrogen-bond acceptors (Lipinski definition) is 3. The van der Waals surface area contributed by atoms with Crippen LogP contribution in [0.2, 0.25) is 0 Å². The van der Waals surface area contributed by atoms with Gasteiger partial charge >= 0.3 is 6.03 Å². The molecule has 1 aromatic rings. The molecule has 24 heavy (non-hydrogen) atoms. The van der Waals surface area contributed by atoms with E-state index < -0.39 is 0 Å². The summed E-state index contributed by atoms with van der Waals surface area (Å²) in [5, 5.41) is 6.16. The van der Waals surface area contributed by atoms with Gasteiger partial charge in [-0.15, -0.1) is 0 Å². The first-order chi connectivity index (χ1) is 11.6. The number of para-hydroxylation sites is 1. The van der Waals surface area contributed by atoms with Gasteiger partial charge in [-0.25, -0.2) is 4.79 Å². The van der Waals surface area contributed by atoms with Crippen LogP contribution in [0.15, 0.2) is 24.3 Å². The summed E-state index contributed by atoms with van der Waals surface area (Å²) in [5.74, 6) is 0.793. The molecule has 1 aliphatic heterocycles. The molecule has 1 saturated heterocycles. The highest BCUT2D eigenvalue weighted by atomic mass is 16.5. The molecule has 1 saturated carbocycles. The summed E-state index contributed by atoms with van der Waals surface area (Å²) in [6, 6.07) is 7.74. The van der Waals surface area contributed by atoms with Gasteiger partial charge in [0, 0.05) is 18.2 Å². The van der Waals surface area contributed by atoms with Gasteiger partial charge in [-0.1, -0.05) is 31.0 Å². The molecular formula is C19H28N2O3. The van der Waals surface area contributed by atoms with E-state index in [0.29, 0.717) is 0 Å². The highest BCUT2D eigenvalue weighted by Gasteiger charge is 2.40. The third-order valence-electron chi connectivity index (χ3n) is 5.30. The van der Waals surface area contributed by atoms with Gasteiger partial charge in [-0.2, -0.15) is 0 Å². The number of amides is 2. The van der Waals surface area contributed by atoms with Crippen LogP contribution in [0.3, 0.4) is 0 Å². The van der Waals surface area contributed by atoms with Crippen LogP contribution in [0.5, 0.6) is 5.75 Å². The molecule has 1 aliphatic carbocycles. The molecule has 1 heterocycles. The van der Waals surface area contributed by atoms with E-state index in [-0.39, 0.29) is 23.7 Å². The number of carbonyl (C=O) groups excluding carboxylic acids is 1. The van der Waals surface area contributed by atoms with Crippen LogP contribution >= 0.6 is 0 Å². The van der Waals surface area contributed by atoms with E-state index in [1.54, 1.807) is 7.11 Å². The van der Waals surface area contributed by atoms with Crippen molar-refractivity contribution in [2.75, 3.05) is 13.7 Å². The number of urea groups is 1. The number of methoxy groups -OCH3 is 1. The maximum Gasteiger partial charge on any atom is 0.315 e. The van der Waals surface area contributed by atoms with E-state index >= 15 is 0 Å². The van der Waals surface area contributed by atoms with Gasteiger partial charge in [0.15, 0.2) is 0 Å². The zero-order chi connectivity index (χ0) is 17.0. The molecule has 1 aromatic carbocycles. The van der Waals surface area contributed by atoms with Crippen LogP contribution in [-0.4, -0.2) is 31.4 Å². The van der Waals surface area contributed by atoms with Crippen LogP contribution in [-0.2, 0) is 4.74 Å². The lowest BCUT2D eigenvalue weighted by Gasteiger charge is -2.38. The lowest BCUT2D eigenvalue weighted by Crippen LogP contribution is -2.50. The molecule has 0 aromatic heterocycles. The normalized spacial score (nSPS) is 23.7. The van der Waals surface area contributed by atoms with Crippen molar-refractivity contribution in [3.63, 3.8) is 0 Å². The van der Waals surface area contributed by atoms with Crippen LogP contribution in [0, 0.1) is 0 Å². The van der Waals surface area contributed by atoms with Gasteiger partial charge in [-0.3, -0.25) is 0 Å². The number of hydrogen-bond donors (Lipinski definition) is 2. The summed E-state index contributed by atoms with van der Waals surface area (Å²) in [6.07, 6.45) is 6.56. The largest absolute Gasteiger partial charge is 0.496 e. The topological polar surface area (TPSA) is 59.6 Å². The zero-order valence-corrected chi connectivity index (χ0v) is 14.6. The maximum atomic E-state index is 12.4. The van der Waals surface area contributed by atoms with Crippen molar-refractivity contribution in [1.29, 1.82) is 0 Å². The minimum Gasteiger partial charge on any atom is -0.496 e. The van der Waals surface area contributed by atoms with Gasteiger partial charge in [-0.05, 0) is 38.7 Å². The van der Waals surface area contributed by atoms with Crippen molar-refractivity contribution in [2.24, 2.45) is 0 Å². The van der Waals surface area contributed by atoms with Crippen molar-refractivity contribution in [1.82, 2.24) is 10.6 Å². The van der Waals surface area contributed by atoms with Crippen LogP contribution in [0.4, 0.5) is 4.79 Å². The lowest BCUT2D eigenvalue weighted by molar-refractivity contribution is -0.0820. The van der Waals surface area contributed by atoms with E-state index in [2.05, 4.69) is 10.6 Å². The fraction of sp³-hybridized carbons (Fsp3) is 0.632. The van der Waals surface area contributed by atoms with Gasteiger partial charge in [0.25, 0.3) is 0 Å². The second-order valence-corrected chi connectivity index (χ2v) is 7.01. The van der Waals surface area contributed by atoms with E-state index in [4.69, 9.17) is 9.47 Å². The quantitative estimate of drug-likeness (QED) is 0.886. The van der Waals surface area contributed by atoms with E-state index in [9.17, 15) is 4.79 Å². The average molecular weight is 332 g/mol. The Bertz CT molecular complexity index is 569. The molecule has 1 spiro atoms. The molecule has 2 atom stereocenters. The molecule has 2 amide bonds. The SMILES string of the molecule is COc1ccccc1C(C)NC(=O)NC1CCOC2(CCCC2)C1. The Morgan fingerprint density at radius 1 is 1.33 bits per heavy atom. The minimum absolute atomic E-state index is 0.0183. The first-order valence-corrected chi connectivity index (χ1v) is 8.96. The highest BCUT2D eigenvalue weighted by Crippen LogP contribution is 2.39. The maximum absolute atomic E-state index is 12.4. The Balaban J connectivity index is 1.55. The summed E-state index contributed by atoms with van der Waals surface area (Å²) in [4.78, 5) is 12.4. The van der Waals surface area contributed by atoms with Crippen LogP contribution < -0.4 is 15.4 Å². The summed E-state index contributed by atoms with van der Waals surface area (Å²) in [7, 11) is 1.65. The van der Waals surface area contributed by atoms with Gasteiger partial charge in [0.1, 0.15) is 5.75 Å². The van der Waals surface area contributed by atoms with Gasteiger partial charge in [0.2, 0.25) is 0 Å². The summed E-state index contributed by atoms with van der Waals surface area (Å²) in [5.41, 5.74) is 0.999. The van der Waals surface area contributed by atoms with Gasteiger partial charge < -0.3 is 20.1 Å². The second-order valence-electron chi connectivity index (χ2n) is 7.01. The molecule has 0 bridgehead atoms. The summed E-state index contributed by atoms with van der Waals surface area (Å²) >= 11 is 0. The first-order valence-electron chi connectivity index (χ1n) is 8.96. The second kappa shape index (κ2) is 7.43. The molecule has 2 N–H and O–H groups in total. The predicted molar refractivity (Wildman–Crippen MR) is 93.2 cm³/mol. The Labute approximate surface area is 144 Å². The van der Waals surface area contributed by atoms with Crippen molar-refractivity contribution in [2.45, 2.75) is 63.1 Å². The fourth-order valence-electron chi connectivity index (χ4n) is 4.04. The fourth-order valence-corrected chi connectivity index (χ4v) is 4.04. The predicted octanol–water partition coefficient (Wildman–Crippen LogP) is 3.55. The third-order valence-corrected chi connectivity index (χ3v) is 5.30. The molecule has 0 radical (unpaired) electrons. The molecule has 132 valence electrons. The van der Waals surface area contributed by atoms with Crippen molar-refractivity contribution >= 4 is 6.03 Å². The number of benzene rings is 1. The summed E-state index contributed by atoms with van der Waals surface area (Å²) < 4.78 is 11.4. The Kier molecular flexibility index (Phi) is 5.29. The van der Waals surface area contributed by atoms with Crippen LogP contribution in [0.25, 0.3) is 0 Å². The molecule has 2 fully saturated rings. The van der Waals surface area contributed by atoms with E-state index in [1.165, 1.54) is 12.8 Å². The number of carbonyl (C=O) groups is 1. The average Bonchev–Trinajstić information content (AvgIpc) is 3.02. The molecule has 3 rings (SSSR count). The molecule has 2 aliphatic rings. The van der Waals surface area contributed by atoms with Crippen molar-refractivity contribution in [3.8, 4) is 5.75 Å². The lowest BCUT2D eigenvalue weighted by atomic mass is 9.89. The van der Waals surface area contributed by atoms with Crippen molar-refractivity contribution < 1.29 is 14.3 Å². The molecule has 2 unspecified atom stereocenters. The smallest absolute Gasteiger partial charge is 0.315 e. The Morgan fingerprint density at radius 2 is 2.08 bits per heavy atom. The number of ether oxygens (including phenoxy) is 2. The van der Waals surface area contributed by atoms with E-state index in [1.807, 2.05) is 31.2 Å². The summed E-state index contributed by atoms with van der Waals surface area (Å²) in [6.45, 7) is 2.72. The monoisotopic (exact) mass is 332 g/mol. The standard InChI is InChI=1S/C19H28N2O3/c1-14(16-7-3-4-8-17(16)23-2)20-18(22)21-15-9-12-24-19(13-15)10-5-6-11-19/h3-4,7-8,14-15H,5-6,9-13H2,1-2H3,(H2,20,21,22). The molecule has 5 heteroatoms. The molecular weight excluding hydrogens is 304 g/mol. The Morgan fingerprint density at radius 3 is 2.83 bits per heavy atom. The molecule has 5 nitrogen and oxygen atoms in total. The Hall–Kier alpha value is -1.75. The number of nitrogens with one attached hydrogen (secondary N) is 2. The third kappa shape index (κ3) is 3.83. The van der Waals surface area contributed by atoms with Crippen LogP contribution in [0.1, 0.15) is 57.1 Å². The zero-order valence-electron chi connectivity index (χ0n) is 14.6. The first kappa shape index (κ1) is 17.1. The highest BCUT2D eigenvalue weighted by molar-refractivity contribution is 5.75. The number of rotatable bonds is 4. The van der Waals surface area contributed by atoms with E-state index in [0.717, 1.165) is 43.6 Å². The van der Waals surface area contributed by atoms with Gasteiger partial charge in [0.05, 0.1) is 18.8 Å². The van der Waals surface area contributed by atoms with Crippen molar-refractivity contribution in [3.05, 3.63) is 29.8 Å².